The van der Waals surface area contributed by atoms with Crippen LogP contribution in [0.15, 0.2) is 11.4 Å². The maximum atomic E-state index is 10.3. The van der Waals surface area contributed by atoms with Crippen molar-refractivity contribution in [1.82, 2.24) is 0 Å². The Morgan fingerprint density at radius 3 is 2.86 bits per heavy atom. The molecule has 2 atom stereocenters. The minimum atomic E-state index is -0.292. The third-order valence-electron chi connectivity index (χ3n) is 2.89. The van der Waals surface area contributed by atoms with Gasteiger partial charge in [-0.1, -0.05) is 0 Å². The van der Waals surface area contributed by atoms with Gasteiger partial charge in [0.25, 0.3) is 0 Å². The van der Waals surface area contributed by atoms with E-state index in [1.165, 1.54) is 17.1 Å². The monoisotopic (exact) mass is 228 g/mol. The molecular formula is C11H16OS2. The molecule has 0 aromatic carbocycles. The lowest BCUT2D eigenvalue weighted by molar-refractivity contribution is 0.135. The zero-order valence-corrected chi connectivity index (χ0v) is 10.3. The van der Waals surface area contributed by atoms with Crippen LogP contribution in [-0.4, -0.2) is 15.6 Å². The van der Waals surface area contributed by atoms with E-state index in [4.69, 9.17) is 0 Å². The lowest BCUT2D eigenvalue weighted by Gasteiger charge is -2.28. The quantitative estimate of drug-likeness (QED) is 0.837. The van der Waals surface area contributed by atoms with Crippen molar-refractivity contribution >= 4 is 23.1 Å². The highest BCUT2D eigenvalue weighted by molar-refractivity contribution is 8.00. The Morgan fingerprint density at radius 1 is 1.57 bits per heavy atom. The van der Waals surface area contributed by atoms with Crippen LogP contribution in [0.1, 0.15) is 36.3 Å². The first-order chi connectivity index (χ1) is 6.62. The molecule has 0 spiro atoms. The van der Waals surface area contributed by atoms with Crippen LogP contribution in [0.3, 0.4) is 0 Å². The highest BCUT2D eigenvalue weighted by Gasteiger charge is 2.37. The number of hydrogen-bond donors (Lipinski definition) is 1. The molecule has 1 aliphatic heterocycles. The van der Waals surface area contributed by atoms with E-state index in [2.05, 4.69) is 25.3 Å². The van der Waals surface area contributed by atoms with E-state index in [9.17, 15) is 5.11 Å². The van der Waals surface area contributed by atoms with Gasteiger partial charge in [0.1, 0.15) is 0 Å². The van der Waals surface area contributed by atoms with Crippen molar-refractivity contribution in [1.29, 1.82) is 0 Å². The van der Waals surface area contributed by atoms with E-state index in [0.29, 0.717) is 0 Å². The molecule has 1 fully saturated rings. The predicted molar refractivity (Wildman–Crippen MR) is 64.1 cm³/mol. The molecule has 0 saturated carbocycles. The van der Waals surface area contributed by atoms with Crippen molar-refractivity contribution in [3.8, 4) is 0 Å². The highest BCUT2D eigenvalue weighted by Crippen LogP contribution is 2.47. The number of thiophene rings is 1. The smallest absolute Gasteiger partial charge is 0.0942 e. The van der Waals surface area contributed by atoms with Crippen LogP contribution in [0.4, 0.5) is 0 Å². The molecule has 14 heavy (non-hydrogen) atoms. The molecular weight excluding hydrogens is 212 g/mol. The molecule has 1 N–H and O–H groups in total. The molecule has 78 valence electrons. The molecule has 1 saturated heterocycles. The molecule has 2 heterocycles. The normalized spacial score (nSPS) is 29.4. The Labute approximate surface area is 93.5 Å². The molecule has 0 amide bonds. The second-order valence-corrected chi connectivity index (χ2v) is 6.90. The standard InChI is InChI=1S/C11H16OS2/c1-8-6-9(7-13-8)10(12)11(2)4-3-5-14-11/h6-7,10,12H,3-5H2,1-2H3. The molecule has 1 aromatic heterocycles. The van der Waals surface area contributed by atoms with Crippen LogP contribution in [0, 0.1) is 6.92 Å². The fourth-order valence-corrected chi connectivity index (χ4v) is 4.04. The SMILES string of the molecule is Cc1cc(C(O)C2(C)CCCS2)cs1. The molecule has 2 unspecified atom stereocenters. The molecule has 0 radical (unpaired) electrons. The number of thioether (sulfide) groups is 1. The first-order valence-electron chi connectivity index (χ1n) is 4.99. The Morgan fingerprint density at radius 2 is 2.36 bits per heavy atom. The number of rotatable bonds is 2. The van der Waals surface area contributed by atoms with Crippen LogP contribution >= 0.6 is 23.1 Å². The summed E-state index contributed by atoms with van der Waals surface area (Å²) >= 11 is 3.63. The van der Waals surface area contributed by atoms with Gasteiger partial charge in [-0.25, -0.2) is 0 Å². The summed E-state index contributed by atoms with van der Waals surface area (Å²) in [7, 11) is 0. The summed E-state index contributed by atoms with van der Waals surface area (Å²) in [5.74, 6) is 1.19. The maximum Gasteiger partial charge on any atom is 0.0942 e. The van der Waals surface area contributed by atoms with Gasteiger partial charge in [0.15, 0.2) is 0 Å². The van der Waals surface area contributed by atoms with Crippen molar-refractivity contribution in [2.45, 2.75) is 37.5 Å². The van der Waals surface area contributed by atoms with Gasteiger partial charge < -0.3 is 5.11 Å². The summed E-state index contributed by atoms with van der Waals surface area (Å²) in [6.07, 6.45) is 2.08. The minimum absolute atomic E-state index is 0.0491. The molecule has 0 aliphatic carbocycles. The van der Waals surface area contributed by atoms with Crippen molar-refractivity contribution < 1.29 is 5.11 Å². The largest absolute Gasteiger partial charge is 0.387 e. The fraction of sp³-hybridized carbons (Fsp3) is 0.636. The van der Waals surface area contributed by atoms with Crippen LogP contribution in [0.25, 0.3) is 0 Å². The lowest BCUT2D eigenvalue weighted by Crippen LogP contribution is -2.25. The van der Waals surface area contributed by atoms with Crippen LogP contribution in [0.5, 0.6) is 0 Å². The van der Waals surface area contributed by atoms with Crippen molar-refractivity contribution in [3.05, 3.63) is 21.9 Å². The van der Waals surface area contributed by atoms with Crippen molar-refractivity contribution in [3.63, 3.8) is 0 Å². The van der Waals surface area contributed by atoms with Gasteiger partial charge >= 0.3 is 0 Å². The molecule has 2 rings (SSSR count). The van der Waals surface area contributed by atoms with E-state index < -0.39 is 0 Å². The van der Waals surface area contributed by atoms with E-state index >= 15 is 0 Å². The second kappa shape index (κ2) is 3.87. The highest BCUT2D eigenvalue weighted by atomic mass is 32.2. The average molecular weight is 228 g/mol. The van der Waals surface area contributed by atoms with E-state index in [0.717, 1.165) is 12.0 Å². The number of hydrogen-bond acceptors (Lipinski definition) is 3. The zero-order valence-electron chi connectivity index (χ0n) is 8.62. The summed E-state index contributed by atoms with van der Waals surface area (Å²) in [4.78, 5) is 1.28. The zero-order chi connectivity index (χ0) is 10.2. The summed E-state index contributed by atoms with van der Waals surface area (Å²) in [5.41, 5.74) is 1.10. The van der Waals surface area contributed by atoms with E-state index in [1.54, 1.807) is 11.3 Å². The molecule has 1 aromatic rings. The molecule has 1 aliphatic rings. The number of aryl methyl sites for hydroxylation is 1. The van der Waals surface area contributed by atoms with E-state index in [-0.39, 0.29) is 10.9 Å². The van der Waals surface area contributed by atoms with Crippen molar-refractivity contribution in [2.75, 3.05) is 5.75 Å². The summed E-state index contributed by atoms with van der Waals surface area (Å²) in [6, 6.07) is 2.11. The third kappa shape index (κ3) is 1.86. The van der Waals surface area contributed by atoms with Crippen LogP contribution in [0.2, 0.25) is 0 Å². The Kier molecular flexibility index (Phi) is 2.91. The van der Waals surface area contributed by atoms with E-state index in [1.807, 2.05) is 11.8 Å². The van der Waals surface area contributed by atoms with Gasteiger partial charge in [0.05, 0.1) is 6.10 Å². The van der Waals surface area contributed by atoms with Gasteiger partial charge in [0.2, 0.25) is 0 Å². The summed E-state index contributed by atoms with van der Waals surface area (Å²) in [6.45, 7) is 4.27. The lowest BCUT2D eigenvalue weighted by atomic mass is 9.94. The molecule has 3 heteroatoms. The average Bonchev–Trinajstić information content (AvgIpc) is 2.74. The number of aliphatic hydroxyl groups is 1. The minimum Gasteiger partial charge on any atom is -0.387 e. The first-order valence-corrected chi connectivity index (χ1v) is 6.85. The molecule has 0 bridgehead atoms. The first kappa shape index (κ1) is 10.5. The van der Waals surface area contributed by atoms with Gasteiger partial charge in [-0.3, -0.25) is 0 Å². The Balaban J connectivity index is 2.18. The second-order valence-electron chi connectivity index (χ2n) is 4.16. The molecule has 1 nitrogen and oxygen atoms in total. The van der Waals surface area contributed by atoms with Gasteiger partial charge in [-0.05, 0) is 49.5 Å². The van der Waals surface area contributed by atoms with Crippen LogP contribution in [-0.2, 0) is 0 Å². The van der Waals surface area contributed by atoms with Gasteiger partial charge in [0, 0.05) is 9.62 Å². The topological polar surface area (TPSA) is 20.2 Å². The third-order valence-corrected chi connectivity index (χ3v) is 5.35. The Hall–Kier alpha value is 0.01000. The summed E-state index contributed by atoms with van der Waals surface area (Å²) < 4.78 is 0.0491. The number of aliphatic hydroxyl groups excluding tert-OH is 1. The van der Waals surface area contributed by atoms with Gasteiger partial charge in [-0.2, -0.15) is 11.8 Å². The fourth-order valence-electron chi connectivity index (χ4n) is 1.98. The van der Waals surface area contributed by atoms with Gasteiger partial charge in [-0.15, -0.1) is 11.3 Å². The maximum absolute atomic E-state index is 10.3. The van der Waals surface area contributed by atoms with Crippen molar-refractivity contribution in [2.24, 2.45) is 0 Å². The summed E-state index contributed by atoms with van der Waals surface area (Å²) in [5, 5.41) is 12.4. The van der Waals surface area contributed by atoms with Crippen LogP contribution < -0.4 is 0 Å². The predicted octanol–water partition coefficient (Wildman–Crippen LogP) is 3.38. The Bertz CT molecular complexity index is 313.